The van der Waals surface area contributed by atoms with Gasteiger partial charge in [0.15, 0.2) is 0 Å². The summed E-state index contributed by atoms with van der Waals surface area (Å²) in [5.41, 5.74) is 2.06. The van der Waals surface area contributed by atoms with Crippen molar-refractivity contribution in [3.8, 4) is 5.75 Å². The van der Waals surface area contributed by atoms with Crippen LogP contribution >= 0.6 is 11.6 Å². The van der Waals surface area contributed by atoms with Crippen LogP contribution in [0.1, 0.15) is 49.9 Å². The second-order valence-corrected chi connectivity index (χ2v) is 9.48. The minimum atomic E-state index is -0.722. The normalized spacial score (nSPS) is 21.3. The summed E-state index contributed by atoms with van der Waals surface area (Å²) in [7, 11) is 0. The molecular weight excluding hydrogens is 452 g/mol. The van der Waals surface area contributed by atoms with Gasteiger partial charge in [0, 0.05) is 30.0 Å². The number of hydrogen-bond acceptors (Lipinski definition) is 4. The second kappa shape index (κ2) is 10.2. The summed E-state index contributed by atoms with van der Waals surface area (Å²) in [4.78, 5) is 29.3. The molecule has 2 aliphatic rings. The number of hydrogen-bond donors (Lipinski definition) is 1. The highest BCUT2D eigenvalue weighted by atomic mass is 35.5. The monoisotopic (exact) mass is 482 g/mol. The maximum atomic E-state index is 13.6. The number of fused-ring (bicyclic) bond motifs is 1. The molecule has 2 atom stereocenters. The quantitative estimate of drug-likeness (QED) is 0.355. The molecule has 2 aliphatic heterocycles. The first-order chi connectivity index (χ1) is 16.3. The number of Topliss-reactive ketones (excluding diaryl/α,β-unsaturated/α-hetero) is 1. The van der Waals surface area contributed by atoms with Gasteiger partial charge in [-0.1, -0.05) is 35.6 Å². The Balaban J connectivity index is 1.72. The zero-order chi connectivity index (χ0) is 24.4. The van der Waals surface area contributed by atoms with Crippen LogP contribution in [-0.2, 0) is 16.0 Å². The van der Waals surface area contributed by atoms with Gasteiger partial charge in [0.05, 0.1) is 25.7 Å². The molecule has 34 heavy (non-hydrogen) atoms. The van der Waals surface area contributed by atoms with Gasteiger partial charge in [-0.05, 0) is 61.7 Å². The molecular formula is C27H31ClN2O4. The van der Waals surface area contributed by atoms with Gasteiger partial charge in [0.2, 0.25) is 5.78 Å². The van der Waals surface area contributed by atoms with Crippen LogP contribution in [0.2, 0.25) is 5.02 Å². The third-order valence-corrected chi connectivity index (χ3v) is 7.05. The van der Waals surface area contributed by atoms with Crippen molar-refractivity contribution < 1.29 is 24.3 Å². The van der Waals surface area contributed by atoms with Gasteiger partial charge in [-0.25, -0.2) is 0 Å². The van der Waals surface area contributed by atoms with Crippen LogP contribution in [0, 0.1) is 0 Å². The third-order valence-electron chi connectivity index (χ3n) is 6.80. The highest BCUT2D eigenvalue weighted by Crippen LogP contribution is 2.40. The maximum absolute atomic E-state index is 13.6. The van der Waals surface area contributed by atoms with Crippen molar-refractivity contribution in [2.45, 2.75) is 45.8 Å². The predicted octanol–water partition coefficient (Wildman–Crippen LogP) is 2.20. The number of rotatable bonds is 8. The van der Waals surface area contributed by atoms with Gasteiger partial charge >= 0.3 is 0 Å². The fraction of sp³-hybridized carbons (Fsp3) is 0.407. The highest BCUT2D eigenvalue weighted by Gasteiger charge is 2.44. The molecule has 7 heteroatoms. The molecule has 6 nitrogen and oxygen atoms in total. The molecule has 2 aromatic rings. The molecule has 1 fully saturated rings. The SMILES string of the molecule is CC[NH+](CC)CCCN1C(=O)C(=O)C(=C([O-])c2ccc3c(c2)CC(C)O3)C1c1ccc(Cl)cc1. The molecule has 2 heterocycles. The van der Waals surface area contributed by atoms with Crippen LogP contribution in [0.15, 0.2) is 48.0 Å². The number of carbonyl (C=O) groups excluding carboxylic acids is 2. The molecule has 0 aliphatic carbocycles. The zero-order valence-corrected chi connectivity index (χ0v) is 20.7. The molecule has 0 saturated carbocycles. The largest absolute Gasteiger partial charge is 0.872 e. The van der Waals surface area contributed by atoms with Crippen LogP contribution in [0.4, 0.5) is 0 Å². The first-order valence-corrected chi connectivity index (χ1v) is 12.4. The van der Waals surface area contributed by atoms with Crippen molar-refractivity contribution in [3.05, 3.63) is 69.8 Å². The number of benzene rings is 2. The Labute approximate surface area is 205 Å². The molecule has 0 radical (unpaired) electrons. The number of nitrogens with zero attached hydrogens (tertiary/aromatic N) is 1. The number of ketones is 1. The minimum absolute atomic E-state index is 0.00872. The average Bonchev–Trinajstić information content (AvgIpc) is 3.32. The van der Waals surface area contributed by atoms with Crippen LogP contribution < -0.4 is 14.7 Å². The highest BCUT2D eigenvalue weighted by molar-refractivity contribution is 6.46. The number of likely N-dealkylation sites (tertiary alicyclic amines) is 1. The molecule has 2 aromatic carbocycles. The molecule has 4 rings (SSSR count). The smallest absolute Gasteiger partial charge is 0.295 e. The van der Waals surface area contributed by atoms with Gasteiger partial charge in [-0.15, -0.1) is 0 Å². The van der Waals surface area contributed by atoms with Crippen LogP contribution in [0.25, 0.3) is 5.76 Å². The number of ether oxygens (including phenoxy) is 1. The van der Waals surface area contributed by atoms with Crippen molar-refractivity contribution in [1.82, 2.24) is 4.90 Å². The van der Waals surface area contributed by atoms with E-state index in [4.69, 9.17) is 16.3 Å². The van der Waals surface area contributed by atoms with Crippen molar-refractivity contribution in [1.29, 1.82) is 0 Å². The standard InChI is InChI=1S/C27H31ClN2O4/c1-4-29(5-2)13-6-14-30-24(18-7-10-21(28)11-8-18)23(26(32)27(30)33)25(31)19-9-12-22-20(16-19)15-17(3)34-22/h7-12,16-17,24,31H,4-6,13-15H2,1-3H3. The summed E-state index contributed by atoms with van der Waals surface area (Å²) < 4.78 is 5.74. The first-order valence-electron chi connectivity index (χ1n) is 12.0. The van der Waals surface area contributed by atoms with E-state index < -0.39 is 23.5 Å². The van der Waals surface area contributed by atoms with Gasteiger partial charge in [-0.2, -0.15) is 0 Å². The summed E-state index contributed by atoms with van der Waals surface area (Å²) >= 11 is 6.09. The lowest BCUT2D eigenvalue weighted by Gasteiger charge is -2.28. The Morgan fingerprint density at radius 2 is 1.85 bits per heavy atom. The summed E-state index contributed by atoms with van der Waals surface area (Å²) in [5.74, 6) is -0.976. The van der Waals surface area contributed by atoms with Crippen molar-refractivity contribution >= 4 is 29.1 Å². The van der Waals surface area contributed by atoms with E-state index >= 15 is 0 Å². The third kappa shape index (κ3) is 4.70. The lowest BCUT2D eigenvalue weighted by Crippen LogP contribution is -3.11. The van der Waals surface area contributed by atoms with Gasteiger partial charge < -0.3 is 19.6 Å². The number of amides is 1. The molecule has 0 spiro atoms. The second-order valence-electron chi connectivity index (χ2n) is 9.04. The van der Waals surface area contributed by atoms with E-state index in [2.05, 4.69) is 13.8 Å². The number of nitrogens with one attached hydrogen (secondary N) is 1. The summed E-state index contributed by atoms with van der Waals surface area (Å²) in [6, 6.07) is 11.5. The fourth-order valence-electron chi connectivity index (χ4n) is 4.91. The first kappa shape index (κ1) is 24.3. The van der Waals surface area contributed by atoms with E-state index in [1.165, 1.54) is 4.90 Å². The number of carbonyl (C=O) groups is 2. The predicted molar refractivity (Wildman–Crippen MR) is 130 cm³/mol. The lowest BCUT2D eigenvalue weighted by molar-refractivity contribution is -0.896. The van der Waals surface area contributed by atoms with Crippen LogP contribution in [0.3, 0.4) is 0 Å². The van der Waals surface area contributed by atoms with Crippen molar-refractivity contribution in [3.63, 3.8) is 0 Å². The van der Waals surface area contributed by atoms with E-state index in [0.29, 0.717) is 29.1 Å². The number of halogens is 1. The average molecular weight is 483 g/mol. The van der Waals surface area contributed by atoms with E-state index in [9.17, 15) is 14.7 Å². The molecule has 0 aromatic heterocycles. The van der Waals surface area contributed by atoms with E-state index in [0.717, 1.165) is 37.4 Å². The van der Waals surface area contributed by atoms with E-state index in [1.807, 2.05) is 6.92 Å². The van der Waals surface area contributed by atoms with Crippen LogP contribution in [-0.4, -0.2) is 48.9 Å². The molecule has 1 saturated heterocycles. The Hall–Kier alpha value is -2.83. The Bertz CT molecular complexity index is 1110. The Morgan fingerprint density at radius 3 is 2.53 bits per heavy atom. The Morgan fingerprint density at radius 1 is 1.15 bits per heavy atom. The van der Waals surface area contributed by atoms with Crippen molar-refractivity contribution in [2.24, 2.45) is 0 Å². The molecule has 0 bridgehead atoms. The van der Waals surface area contributed by atoms with Crippen LogP contribution in [0.5, 0.6) is 5.75 Å². The molecule has 1 amide bonds. The van der Waals surface area contributed by atoms with Gasteiger partial charge in [-0.3, -0.25) is 9.59 Å². The molecule has 180 valence electrons. The van der Waals surface area contributed by atoms with E-state index in [-0.39, 0.29) is 11.7 Å². The fourth-order valence-corrected chi connectivity index (χ4v) is 5.04. The van der Waals surface area contributed by atoms with Gasteiger partial charge in [0.1, 0.15) is 11.9 Å². The van der Waals surface area contributed by atoms with Crippen molar-refractivity contribution in [2.75, 3.05) is 26.2 Å². The lowest BCUT2D eigenvalue weighted by atomic mass is 9.94. The maximum Gasteiger partial charge on any atom is 0.295 e. The summed E-state index contributed by atoms with van der Waals surface area (Å²) in [6.45, 7) is 9.54. The van der Waals surface area contributed by atoms with E-state index in [1.54, 1.807) is 47.4 Å². The zero-order valence-electron chi connectivity index (χ0n) is 19.9. The Kier molecular flexibility index (Phi) is 7.29. The molecule has 2 unspecified atom stereocenters. The summed E-state index contributed by atoms with van der Waals surface area (Å²) in [6.07, 6.45) is 1.50. The number of quaternary nitrogens is 1. The minimum Gasteiger partial charge on any atom is -0.872 e. The van der Waals surface area contributed by atoms with Gasteiger partial charge in [0.25, 0.3) is 5.91 Å². The summed E-state index contributed by atoms with van der Waals surface area (Å²) in [5, 5.41) is 14.2. The topological polar surface area (TPSA) is 74.1 Å². The molecule has 1 N–H and O–H groups in total.